The van der Waals surface area contributed by atoms with E-state index in [1.54, 1.807) is 42.1 Å². The fourth-order valence-corrected chi connectivity index (χ4v) is 1.31. The Bertz CT molecular complexity index is 383. The van der Waals surface area contributed by atoms with Gasteiger partial charge in [-0.1, -0.05) is 71.7 Å². The molecule has 0 bridgehead atoms. The number of allylic oxidation sites excluding steroid dienone is 5. The average Bonchev–Trinajstić information content (AvgIpc) is 3.05. The molecule has 112 valence electrons. The van der Waals surface area contributed by atoms with Gasteiger partial charge in [-0.3, -0.25) is 4.79 Å². The molecule has 0 atom stereocenters. The molecule has 0 aliphatic carbocycles. The number of hydrogen-bond donors (Lipinski definition) is 0. The van der Waals surface area contributed by atoms with Gasteiger partial charge in [-0.05, 0) is 12.5 Å². The van der Waals surface area contributed by atoms with Gasteiger partial charge in [0.1, 0.15) is 5.69 Å². The van der Waals surface area contributed by atoms with Gasteiger partial charge < -0.3 is 0 Å². The van der Waals surface area contributed by atoms with Crippen LogP contribution in [0.25, 0.3) is 0 Å². The number of hydrogen-bond acceptors (Lipinski definition) is 3. The summed E-state index contributed by atoms with van der Waals surface area (Å²) >= 11 is 1.42. The quantitative estimate of drug-likeness (QED) is 0.395. The number of nitrogens with zero attached hydrogens (tertiary/aromatic N) is 1. The van der Waals surface area contributed by atoms with Crippen molar-refractivity contribution in [3.63, 3.8) is 0 Å². The normalized spacial score (nSPS) is 8.35. The SMILES string of the molecule is C=C/C=C(\C)C(=O)c1cscn1.C=CC=C.CC.CC. The van der Waals surface area contributed by atoms with Crippen LogP contribution < -0.4 is 0 Å². The first-order valence-corrected chi connectivity index (χ1v) is 7.57. The second-order valence-electron chi connectivity index (χ2n) is 2.76. The molecule has 1 aromatic heterocycles. The van der Waals surface area contributed by atoms with E-state index in [2.05, 4.69) is 24.7 Å². The lowest BCUT2D eigenvalue weighted by molar-refractivity contribution is 0.103. The highest BCUT2D eigenvalue weighted by Crippen LogP contribution is 2.07. The third-order valence-corrected chi connectivity index (χ3v) is 2.14. The van der Waals surface area contributed by atoms with Gasteiger partial charge in [0.15, 0.2) is 0 Å². The fourth-order valence-electron chi connectivity index (χ4n) is 0.779. The fraction of sp³-hybridized carbons (Fsp3) is 0.294. The number of rotatable bonds is 4. The largest absolute Gasteiger partial charge is 0.287 e. The first-order valence-electron chi connectivity index (χ1n) is 6.63. The minimum absolute atomic E-state index is 0.0313. The van der Waals surface area contributed by atoms with Crippen molar-refractivity contribution in [1.82, 2.24) is 4.98 Å². The minimum atomic E-state index is -0.0313. The van der Waals surface area contributed by atoms with E-state index in [4.69, 9.17) is 0 Å². The molecule has 1 heterocycles. The van der Waals surface area contributed by atoms with E-state index in [1.165, 1.54) is 11.3 Å². The zero-order chi connectivity index (χ0) is 16.4. The van der Waals surface area contributed by atoms with Gasteiger partial charge in [0.2, 0.25) is 5.78 Å². The van der Waals surface area contributed by atoms with Gasteiger partial charge in [-0.2, -0.15) is 0 Å². The van der Waals surface area contributed by atoms with Crippen LogP contribution in [0.1, 0.15) is 45.1 Å². The highest BCUT2D eigenvalue weighted by atomic mass is 32.1. The van der Waals surface area contributed by atoms with Gasteiger partial charge >= 0.3 is 0 Å². The zero-order valence-corrected chi connectivity index (χ0v) is 14.2. The van der Waals surface area contributed by atoms with Crippen LogP contribution in [0.15, 0.2) is 60.5 Å². The van der Waals surface area contributed by atoms with Crippen LogP contribution in [0.2, 0.25) is 0 Å². The lowest BCUT2D eigenvalue weighted by Gasteiger charge is -1.93. The molecule has 0 aromatic carbocycles. The van der Waals surface area contributed by atoms with Crippen molar-refractivity contribution in [3.05, 3.63) is 66.2 Å². The zero-order valence-electron chi connectivity index (χ0n) is 13.3. The Morgan fingerprint density at radius 2 is 1.60 bits per heavy atom. The molecule has 0 saturated heterocycles. The Balaban J connectivity index is -0.000000306. The monoisotopic (exact) mass is 293 g/mol. The summed E-state index contributed by atoms with van der Waals surface area (Å²) in [5, 5.41) is 1.74. The van der Waals surface area contributed by atoms with Crippen molar-refractivity contribution in [2.75, 3.05) is 0 Å². The van der Waals surface area contributed by atoms with Crippen molar-refractivity contribution in [2.45, 2.75) is 34.6 Å². The Morgan fingerprint density at radius 1 is 1.10 bits per heavy atom. The molecule has 0 radical (unpaired) electrons. The molecule has 3 heteroatoms. The predicted octanol–water partition coefficient (Wildman–Crippen LogP) is 5.87. The molecule has 1 rings (SSSR count). The Kier molecular flexibility index (Phi) is 22.9. The molecule has 2 nitrogen and oxygen atoms in total. The highest BCUT2D eigenvalue weighted by Gasteiger charge is 2.08. The topological polar surface area (TPSA) is 30.0 Å². The summed E-state index contributed by atoms with van der Waals surface area (Å²) in [5.74, 6) is -0.0313. The average molecular weight is 293 g/mol. The maximum atomic E-state index is 11.4. The molecule has 0 N–H and O–H groups in total. The molecule has 0 aliphatic heterocycles. The predicted molar refractivity (Wildman–Crippen MR) is 93.5 cm³/mol. The van der Waals surface area contributed by atoms with E-state index in [0.29, 0.717) is 11.3 Å². The Hall–Kier alpha value is -1.74. The first-order chi connectivity index (χ1) is 9.67. The van der Waals surface area contributed by atoms with Gasteiger partial charge in [0.05, 0.1) is 5.51 Å². The van der Waals surface area contributed by atoms with Gasteiger partial charge in [-0.25, -0.2) is 4.98 Å². The first kappa shape index (κ1) is 23.4. The van der Waals surface area contributed by atoms with E-state index < -0.39 is 0 Å². The summed E-state index contributed by atoms with van der Waals surface area (Å²) in [7, 11) is 0. The van der Waals surface area contributed by atoms with Gasteiger partial charge in [-0.15, -0.1) is 11.3 Å². The molecule has 0 amide bonds. The molecule has 0 fully saturated rings. The number of carbonyl (C=O) groups is 1. The lowest BCUT2D eigenvalue weighted by Crippen LogP contribution is -1.99. The molecular formula is C17H27NOS. The summed E-state index contributed by atoms with van der Waals surface area (Å²) in [6, 6.07) is 0. The Morgan fingerprint density at radius 3 is 1.90 bits per heavy atom. The molecule has 0 unspecified atom stereocenters. The van der Waals surface area contributed by atoms with Crippen LogP contribution in [0, 0.1) is 0 Å². The number of ketones is 1. The smallest absolute Gasteiger partial charge is 0.207 e. The van der Waals surface area contributed by atoms with Crippen molar-refractivity contribution in [2.24, 2.45) is 0 Å². The van der Waals surface area contributed by atoms with Crippen LogP contribution >= 0.6 is 11.3 Å². The van der Waals surface area contributed by atoms with E-state index in [0.717, 1.165) is 0 Å². The summed E-state index contributed by atoms with van der Waals surface area (Å²) in [4.78, 5) is 15.3. The van der Waals surface area contributed by atoms with Crippen molar-refractivity contribution < 1.29 is 4.79 Å². The maximum absolute atomic E-state index is 11.4. The number of Topliss-reactive ketones (excluding diaryl/α,β-unsaturated/α-hetero) is 1. The van der Waals surface area contributed by atoms with Crippen molar-refractivity contribution >= 4 is 17.1 Å². The van der Waals surface area contributed by atoms with Crippen LogP contribution in [0.4, 0.5) is 0 Å². The maximum Gasteiger partial charge on any atom is 0.207 e. The van der Waals surface area contributed by atoms with E-state index in [1.807, 2.05) is 27.7 Å². The Labute approximate surface area is 128 Å². The van der Waals surface area contributed by atoms with Crippen LogP contribution in [0.3, 0.4) is 0 Å². The summed E-state index contributed by atoms with van der Waals surface area (Å²) in [6.45, 7) is 20.0. The standard InChI is InChI=1S/C9H9NOS.C4H6.2C2H6/c1-3-4-7(2)9(11)8-5-12-6-10-8;1-3-4-2;2*1-2/h3-6H,1H2,2H3;3-4H,1-2H2;2*1-2H3/b7-4+;;;. The summed E-state index contributed by atoms with van der Waals surface area (Å²) in [6.07, 6.45) is 6.56. The van der Waals surface area contributed by atoms with Gasteiger partial charge in [0, 0.05) is 5.38 Å². The van der Waals surface area contributed by atoms with Crippen molar-refractivity contribution in [3.8, 4) is 0 Å². The minimum Gasteiger partial charge on any atom is -0.287 e. The molecule has 0 spiro atoms. The van der Waals surface area contributed by atoms with Crippen LogP contribution in [0.5, 0.6) is 0 Å². The number of aromatic nitrogens is 1. The lowest BCUT2D eigenvalue weighted by atomic mass is 10.1. The third kappa shape index (κ3) is 12.7. The van der Waals surface area contributed by atoms with Crippen molar-refractivity contribution in [1.29, 1.82) is 0 Å². The molecule has 20 heavy (non-hydrogen) atoms. The van der Waals surface area contributed by atoms with E-state index >= 15 is 0 Å². The second-order valence-corrected chi connectivity index (χ2v) is 3.48. The molecule has 1 aromatic rings. The number of carbonyl (C=O) groups excluding carboxylic acids is 1. The molecule has 0 saturated carbocycles. The van der Waals surface area contributed by atoms with Crippen LogP contribution in [-0.2, 0) is 0 Å². The van der Waals surface area contributed by atoms with E-state index in [9.17, 15) is 4.79 Å². The molecular weight excluding hydrogens is 266 g/mol. The number of thiazole rings is 1. The second kappa shape index (κ2) is 19.6. The molecule has 0 aliphatic rings. The highest BCUT2D eigenvalue weighted by molar-refractivity contribution is 7.07. The van der Waals surface area contributed by atoms with Gasteiger partial charge in [0.25, 0.3) is 0 Å². The summed E-state index contributed by atoms with van der Waals surface area (Å²) in [5.41, 5.74) is 2.82. The third-order valence-electron chi connectivity index (χ3n) is 1.56. The van der Waals surface area contributed by atoms with Crippen LogP contribution in [-0.4, -0.2) is 10.8 Å². The summed E-state index contributed by atoms with van der Waals surface area (Å²) < 4.78 is 0. The van der Waals surface area contributed by atoms with E-state index in [-0.39, 0.29) is 5.78 Å².